The van der Waals surface area contributed by atoms with Crippen molar-refractivity contribution >= 4 is 0 Å². The minimum atomic E-state index is -1.32. The number of aliphatic hydroxyl groups excluding tert-OH is 2. The van der Waals surface area contributed by atoms with Gasteiger partial charge in [-0.2, -0.15) is 0 Å². The molecule has 1 saturated heterocycles. The average Bonchev–Trinajstić information content (AvgIpc) is 2.74. The van der Waals surface area contributed by atoms with Crippen LogP contribution in [0.2, 0.25) is 0 Å². The summed E-state index contributed by atoms with van der Waals surface area (Å²) in [6.45, 7) is 2.57. The molecule has 1 aliphatic heterocycles. The maximum Gasteiger partial charge on any atom is 0.226 e. The Bertz CT molecular complexity index is 675. The Labute approximate surface area is 161 Å². The molecule has 0 saturated carbocycles. The maximum absolute atomic E-state index is 11.2. The molecule has 4 heteroatoms. The fourth-order valence-electron chi connectivity index (χ4n) is 3.68. The van der Waals surface area contributed by atoms with Crippen molar-refractivity contribution in [3.8, 4) is 0 Å². The second kappa shape index (κ2) is 9.47. The van der Waals surface area contributed by atoms with Crippen LogP contribution in [0.5, 0.6) is 0 Å². The lowest BCUT2D eigenvalue weighted by atomic mass is 9.92. The predicted octanol–water partition coefficient (Wildman–Crippen LogP) is 4.32. The number of ether oxygens (including phenoxy) is 2. The quantitative estimate of drug-likeness (QED) is 0.680. The third-order valence-electron chi connectivity index (χ3n) is 5.23. The van der Waals surface area contributed by atoms with Crippen molar-refractivity contribution in [1.82, 2.24) is 0 Å². The van der Waals surface area contributed by atoms with Crippen LogP contribution < -0.4 is 0 Å². The van der Waals surface area contributed by atoms with Crippen LogP contribution in [0, 0.1) is 0 Å². The van der Waals surface area contributed by atoms with Crippen LogP contribution in [0.3, 0.4) is 0 Å². The van der Waals surface area contributed by atoms with Crippen LogP contribution in [0.15, 0.2) is 60.7 Å². The van der Waals surface area contributed by atoms with Crippen molar-refractivity contribution in [2.45, 2.75) is 63.1 Å². The van der Waals surface area contributed by atoms with Crippen molar-refractivity contribution in [1.29, 1.82) is 0 Å². The summed E-state index contributed by atoms with van der Waals surface area (Å²) in [5.41, 5.74) is 1.48. The van der Waals surface area contributed by atoms with E-state index in [0.29, 0.717) is 19.4 Å². The van der Waals surface area contributed by atoms with Gasteiger partial charge in [0.15, 0.2) is 0 Å². The van der Waals surface area contributed by atoms with Crippen LogP contribution in [-0.2, 0) is 15.3 Å². The van der Waals surface area contributed by atoms with E-state index in [0.717, 1.165) is 30.4 Å². The molecule has 0 spiro atoms. The van der Waals surface area contributed by atoms with Gasteiger partial charge in [0.2, 0.25) is 5.79 Å². The standard InChI is InChI=1S/C23H30O4/c1-2-3-6-15-20(24)21-16-17-26-23(27-21,19-13-9-5-10-14-19)22(25)18-11-7-4-8-12-18/h4-5,7-14,20-22,24-25H,2-3,6,15-17H2,1H3. The van der Waals surface area contributed by atoms with Gasteiger partial charge in [-0.05, 0) is 18.4 Å². The van der Waals surface area contributed by atoms with Gasteiger partial charge in [-0.15, -0.1) is 0 Å². The van der Waals surface area contributed by atoms with Gasteiger partial charge in [-0.25, -0.2) is 0 Å². The Morgan fingerprint density at radius 1 is 1.00 bits per heavy atom. The molecule has 2 N–H and O–H groups in total. The smallest absolute Gasteiger partial charge is 0.226 e. The molecule has 4 nitrogen and oxygen atoms in total. The van der Waals surface area contributed by atoms with Gasteiger partial charge in [-0.1, -0.05) is 86.8 Å². The summed E-state index contributed by atoms with van der Waals surface area (Å²) in [5.74, 6) is -1.32. The number of unbranched alkanes of at least 4 members (excludes halogenated alkanes) is 2. The normalized spacial score (nSPS) is 25.1. The molecule has 0 bridgehead atoms. The molecule has 2 aromatic rings. The molecule has 146 valence electrons. The van der Waals surface area contributed by atoms with E-state index in [9.17, 15) is 10.2 Å². The first-order valence-corrected chi connectivity index (χ1v) is 9.95. The summed E-state index contributed by atoms with van der Waals surface area (Å²) >= 11 is 0. The second-order valence-corrected chi connectivity index (χ2v) is 7.20. The molecule has 27 heavy (non-hydrogen) atoms. The molecule has 4 unspecified atom stereocenters. The minimum absolute atomic E-state index is 0.367. The zero-order chi connectivity index (χ0) is 19.1. The molecule has 4 atom stereocenters. The van der Waals surface area contributed by atoms with Gasteiger partial charge in [0.1, 0.15) is 6.10 Å². The summed E-state index contributed by atoms with van der Waals surface area (Å²) in [6, 6.07) is 18.9. The third-order valence-corrected chi connectivity index (χ3v) is 5.23. The largest absolute Gasteiger partial charge is 0.390 e. The highest BCUT2D eigenvalue weighted by Crippen LogP contribution is 2.44. The molecule has 0 aliphatic carbocycles. The van der Waals surface area contributed by atoms with Crippen molar-refractivity contribution in [2.24, 2.45) is 0 Å². The first-order chi connectivity index (χ1) is 13.2. The molecule has 1 heterocycles. The molecular formula is C23H30O4. The van der Waals surface area contributed by atoms with Crippen molar-refractivity contribution in [3.05, 3.63) is 71.8 Å². The van der Waals surface area contributed by atoms with E-state index in [1.54, 1.807) is 0 Å². The number of hydrogen-bond acceptors (Lipinski definition) is 4. The molecule has 0 aromatic heterocycles. The van der Waals surface area contributed by atoms with E-state index in [1.807, 2.05) is 60.7 Å². The van der Waals surface area contributed by atoms with Crippen molar-refractivity contribution in [2.75, 3.05) is 6.61 Å². The molecule has 3 rings (SSSR count). The second-order valence-electron chi connectivity index (χ2n) is 7.20. The van der Waals surface area contributed by atoms with Gasteiger partial charge in [0.05, 0.1) is 18.8 Å². The van der Waals surface area contributed by atoms with Crippen LogP contribution in [-0.4, -0.2) is 29.0 Å². The first kappa shape index (κ1) is 20.0. The van der Waals surface area contributed by atoms with E-state index >= 15 is 0 Å². The summed E-state index contributed by atoms with van der Waals surface area (Å²) < 4.78 is 12.4. The molecule has 1 aliphatic rings. The lowest BCUT2D eigenvalue weighted by Crippen LogP contribution is -2.50. The topological polar surface area (TPSA) is 58.9 Å². The summed E-state index contributed by atoms with van der Waals surface area (Å²) in [5, 5.41) is 21.9. The highest BCUT2D eigenvalue weighted by molar-refractivity contribution is 5.28. The Kier molecular flexibility index (Phi) is 7.02. The van der Waals surface area contributed by atoms with Crippen LogP contribution in [0.1, 0.15) is 56.3 Å². The van der Waals surface area contributed by atoms with E-state index in [4.69, 9.17) is 9.47 Å². The van der Waals surface area contributed by atoms with E-state index < -0.39 is 18.0 Å². The third kappa shape index (κ3) is 4.58. The van der Waals surface area contributed by atoms with E-state index in [-0.39, 0.29) is 6.10 Å². The molecule has 1 fully saturated rings. The minimum Gasteiger partial charge on any atom is -0.390 e. The maximum atomic E-state index is 11.2. The highest BCUT2D eigenvalue weighted by atomic mass is 16.7. The summed E-state index contributed by atoms with van der Waals surface area (Å²) in [6.07, 6.45) is 2.57. The van der Waals surface area contributed by atoms with Crippen LogP contribution in [0.4, 0.5) is 0 Å². The monoisotopic (exact) mass is 370 g/mol. The Balaban J connectivity index is 1.88. The van der Waals surface area contributed by atoms with Gasteiger partial charge in [0, 0.05) is 5.56 Å². The lowest BCUT2D eigenvalue weighted by molar-refractivity contribution is -0.352. The Hall–Kier alpha value is -1.72. The summed E-state index contributed by atoms with van der Waals surface area (Å²) in [7, 11) is 0. The Morgan fingerprint density at radius 3 is 2.33 bits per heavy atom. The predicted molar refractivity (Wildman–Crippen MR) is 105 cm³/mol. The van der Waals surface area contributed by atoms with Gasteiger partial charge in [0.25, 0.3) is 0 Å². The van der Waals surface area contributed by atoms with Crippen molar-refractivity contribution < 1.29 is 19.7 Å². The molecule has 0 radical (unpaired) electrons. The average molecular weight is 370 g/mol. The molecular weight excluding hydrogens is 340 g/mol. The van der Waals surface area contributed by atoms with Gasteiger partial charge >= 0.3 is 0 Å². The number of aliphatic hydroxyl groups is 2. The fourth-order valence-corrected chi connectivity index (χ4v) is 3.68. The zero-order valence-electron chi connectivity index (χ0n) is 16.0. The lowest BCUT2D eigenvalue weighted by Gasteiger charge is -2.45. The van der Waals surface area contributed by atoms with Gasteiger partial charge in [-0.3, -0.25) is 0 Å². The molecule has 2 aromatic carbocycles. The Morgan fingerprint density at radius 2 is 1.67 bits per heavy atom. The number of benzene rings is 2. The summed E-state index contributed by atoms with van der Waals surface area (Å²) in [4.78, 5) is 0. The van der Waals surface area contributed by atoms with Crippen LogP contribution >= 0.6 is 0 Å². The highest BCUT2D eigenvalue weighted by Gasteiger charge is 2.48. The first-order valence-electron chi connectivity index (χ1n) is 9.95. The van der Waals surface area contributed by atoms with Crippen molar-refractivity contribution in [3.63, 3.8) is 0 Å². The SMILES string of the molecule is CCCCCC(O)C1CCOC(c2ccccc2)(C(O)c2ccccc2)O1. The number of rotatable bonds is 8. The fraction of sp³-hybridized carbons (Fsp3) is 0.478. The van der Waals surface area contributed by atoms with Gasteiger partial charge < -0.3 is 19.7 Å². The zero-order valence-corrected chi connectivity index (χ0v) is 16.0. The van der Waals surface area contributed by atoms with E-state index in [2.05, 4.69) is 6.92 Å². The van der Waals surface area contributed by atoms with Crippen LogP contribution in [0.25, 0.3) is 0 Å². The molecule has 0 amide bonds. The van der Waals surface area contributed by atoms with E-state index in [1.165, 1.54) is 0 Å². The number of hydrogen-bond donors (Lipinski definition) is 2.